The van der Waals surface area contributed by atoms with Crippen LogP contribution in [0.1, 0.15) is 251 Å². The normalized spacial score (nSPS) is 13.1. The first-order valence-electron chi connectivity index (χ1n) is 25.4. The summed E-state index contributed by atoms with van der Waals surface area (Å²) >= 11 is 0. The number of amides is 1. The van der Waals surface area contributed by atoms with Crippen molar-refractivity contribution in [2.45, 2.75) is 264 Å². The summed E-state index contributed by atoms with van der Waals surface area (Å²) in [5, 5.41) is 23.1. The number of carbonyl (C=O) groups is 2. The fraction of sp³-hybridized carbons (Fsp3) is 0.811. The van der Waals surface area contributed by atoms with Crippen LogP contribution in [0.25, 0.3) is 0 Å². The smallest absolute Gasteiger partial charge is 0.305 e. The zero-order valence-electron chi connectivity index (χ0n) is 39.0. The van der Waals surface area contributed by atoms with Gasteiger partial charge in [0.25, 0.3) is 0 Å². The van der Waals surface area contributed by atoms with E-state index in [0.717, 1.165) is 64.2 Å². The van der Waals surface area contributed by atoms with Gasteiger partial charge in [0.15, 0.2) is 0 Å². The van der Waals surface area contributed by atoms with Gasteiger partial charge in [0.1, 0.15) is 0 Å². The molecule has 3 N–H and O–H groups in total. The summed E-state index contributed by atoms with van der Waals surface area (Å²) in [5.41, 5.74) is 0. The van der Waals surface area contributed by atoms with Crippen LogP contribution >= 0.6 is 0 Å². The number of esters is 1. The fourth-order valence-electron chi connectivity index (χ4n) is 7.43. The van der Waals surface area contributed by atoms with Crippen molar-refractivity contribution in [2.24, 2.45) is 0 Å². The van der Waals surface area contributed by atoms with Crippen LogP contribution in [-0.2, 0) is 14.3 Å². The molecule has 0 saturated carbocycles. The van der Waals surface area contributed by atoms with Gasteiger partial charge in [-0.05, 0) is 70.6 Å². The van der Waals surface area contributed by atoms with Crippen LogP contribution in [0.15, 0.2) is 48.6 Å². The molecule has 2 unspecified atom stereocenters. The van der Waals surface area contributed by atoms with E-state index in [4.69, 9.17) is 4.74 Å². The monoisotopic (exact) mass is 828 g/mol. The molecule has 0 spiro atoms. The molecular formula is C53H97NO5. The highest BCUT2D eigenvalue weighted by molar-refractivity contribution is 5.76. The second kappa shape index (κ2) is 48.5. The van der Waals surface area contributed by atoms with Gasteiger partial charge in [-0.2, -0.15) is 0 Å². The molecule has 1 amide bonds. The fourth-order valence-corrected chi connectivity index (χ4v) is 7.43. The number of hydrogen-bond acceptors (Lipinski definition) is 5. The van der Waals surface area contributed by atoms with Crippen LogP contribution in [0.4, 0.5) is 0 Å². The average molecular weight is 828 g/mol. The highest BCUT2D eigenvalue weighted by Gasteiger charge is 2.19. The molecule has 59 heavy (non-hydrogen) atoms. The minimum absolute atomic E-state index is 0.0331. The summed E-state index contributed by atoms with van der Waals surface area (Å²) in [6, 6.07) is -0.587. The van der Waals surface area contributed by atoms with Crippen LogP contribution < -0.4 is 5.32 Å². The minimum atomic E-state index is -0.700. The lowest BCUT2D eigenvalue weighted by molar-refractivity contribution is -0.143. The molecule has 0 saturated heterocycles. The van der Waals surface area contributed by atoms with Crippen LogP contribution in [0.3, 0.4) is 0 Å². The second-order valence-electron chi connectivity index (χ2n) is 17.1. The molecule has 0 aromatic carbocycles. The van der Waals surface area contributed by atoms with E-state index in [1.54, 1.807) is 0 Å². The van der Waals surface area contributed by atoms with Crippen LogP contribution in [0.2, 0.25) is 0 Å². The molecule has 0 rings (SSSR count). The van der Waals surface area contributed by atoms with E-state index in [-0.39, 0.29) is 18.5 Å². The van der Waals surface area contributed by atoms with Crippen molar-refractivity contribution >= 4 is 11.9 Å². The van der Waals surface area contributed by atoms with Gasteiger partial charge in [0, 0.05) is 12.8 Å². The summed E-state index contributed by atoms with van der Waals surface area (Å²) < 4.78 is 5.43. The van der Waals surface area contributed by atoms with Crippen LogP contribution in [0.5, 0.6) is 0 Å². The SMILES string of the molecule is CCC/C=C\C/C=C\CCCCCCCC(=O)OCCCCCCCC/C=C\C/C=C\CCC(=O)NC(CO)C(O)CCCCCCCCCCCCCCCCCC. The second-order valence-corrected chi connectivity index (χ2v) is 17.1. The third-order valence-corrected chi connectivity index (χ3v) is 11.3. The lowest BCUT2D eigenvalue weighted by Gasteiger charge is -2.22. The number of allylic oxidation sites excluding steroid dienone is 8. The first-order valence-corrected chi connectivity index (χ1v) is 25.4. The molecule has 0 radical (unpaired) electrons. The van der Waals surface area contributed by atoms with E-state index < -0.39 is 12.1 Å². The standard InChI is InChI=1S/C53H97NO5/c1-3-5-7-9-11-13-15-17-18-19-22-25-29-33-37-41-45-51(56)50(49-55)54-52(57)46-42-38-34-30-26-23-20-24-28-32-36-40-44-48-59-53(58)47-43-39-35-31-27-21-16-14-12-10-8-6-4-2/h8,10,14,16,23,26,34,38,50-51,55-56H,3-7,9,11-13,15,17-22,24-25,27-33,35-37,39-49H2,1-2H3,(H,54,57)/b10-8-,16-14-,26-23-,38-34-. The summed E-state index contributed by atoms with van der Waals surface area (Å²) in [6.45, 7) is 4.81. The molecule has 0 aliphatic rings. The van der Waals surface area contributed by atoms with Crippen molar-refractivity contribution in [1.29, 1.82) is 0 Å². The third kappa shape index (κ3) is 45.2. The number of aliphatic hydroxyl groups is 2. The van der Waals surface area contributed by atoms with Crippen LogP contribution in [0, 0.1) is 0 Å². The Kier molecular flexibility index (Phi) is 46.7. The maximum atomic E-state index is 12.4. The highest BCUT2D eigenvalue weighted by Crippen LogP contribution is 2.16. The van der Waals surface area contributed by atoms with Gasteiger partial charge >= 0.3 is 5.97 Å². The van der Waals surface area contributed by atoms with Crippen molar-refractivity contribution < 1.29 is 24.5 Å². The Labute approximate surface area is 366 Å². The Bertz CT molecular complexity index is 1000. The molecule has 6 nitrogen and oxygen atoms in total. The van der Waals surface area contributed by atoms with Gasteiger partial charge < -0.3 is 20.3 Å². The van der Waals surface area contributed by atoms with Crippen molar-refractivity contribution in [3.8, 4) is 0 Å². The number of unbranched alkanes of at least 4 members (excludes halogenated alkanes) is 27. The maximum absolute atomic E-state index is 12.4. The maximum Gasteiger partial charge on any atom is 0.305 e. The Hall–Kier alpha value is -2.18. The molecule has 0 aromatic heterocycles. The topological polar surface area (TPSA) is 95.9 Å². The lowest BCUT2D eigenvalue weighted by atomic mass is 10.0. The first-order chi connectivity index (χ1) is 29.0. The summed E-state index contributed by atoms with van der Waals surface area (Å²) in [6.07, 6.45) is 59.4. The number of aliphatic hydroxyl groups excluding tert-OH is 2. The number of nitrogens with one attached hydrogen (secondary N) is 1. The quantitative estimate of drug-likeness (QED) is 0.0323. The van der Waals surface area contributed by atoms with Crippen molar-refractivity contribution in [2.75, 3.05) is 13.2 Å². The first kappa shape index (κ1) is 56.8. The third-order valence-electron chi connectivity index (χ3n) is 11.3. The lowest BCUT2D eigenvalue weighted by Crippen LogP contribution is -2.45. The molecular weight excluding hydrogens is 731 g/mol. The zero-order valence-corrected chi connectivity index (χ0v) is 39.0. The molecule has 344 valence electrons. The largest absolute Gasteiger partial charge is 0.466 e. The van der Waals surface area contributed by atoms with Gasteiger partial charge in [-0.25, -0.2) is 0 Å². The van der Waals surface area contributed by atoms with E-state index in [0.29, 0.717) is 32.3 Å². The Balaban J connectivity index is 3.58. The Morgan fingerprint density at radius 2 is 0.898 bits per heavy atom. The van der Waals surface area contributed by atoms with Crippen LogP contribution in [-0.4, -0.2) is 47.4 Å². The van der Waals surface area contributed by atoms with Gasteiger partial charge in [-0.15, -0.1) is 0 Å². The average Bonchev–Trinajstić information content (AvgIpc) is 3.24. The summed E-state index contributed by atoms with van der Waals surface area (Å²) in [4.78, 5) is 24.4. The molecule has 0 aliphatic carbocycles. The van der Waals surface area contributed by atoms with Gasteiger partial charge in [-0.1, -0.05) is 217 Å². The number of ether oxygens (including phenoxy) is 1. The van der Waals surface area contributed by atoms with Gasteiger partial charge in [0.05, 0.1) is 25.4 Å². The minimum Gasteiger partial charge on any atom is -0.466 e. The molecule has 0 aromatic rings. The molecule has 0 aliphatic heterocycles. The molecule has 6 heteroatoms. The van der Waals surface area contributed by atoms with E-state index >= 15 is 0 Å². The summed E-state index contributed by atoms with van der Waals surface area (Å²) in [5.74, 6) is -0.150. The highest BCUT2D eigenvalue weighted by atomic mass is 16.5. The molecule has 2 atom stereocenters. The summed E-state index contributed by atoms with van der Waals surface area (Å²) in [7, 11) is 0. The van der Waals surface area contributed by atoms with E-state index in [1.807, 2.05) is 6.08 Å². The van der Waals surface area contributed by atoms with Crippen molar-refractivity contribution in [3.05, 3.63) is 48.6 Å². The predicted molar refractivity (Wildman–Crippen MR) is 255 cm³/mol. The number of carbonyl (C=O) groups excluding carboxylic acids is 2. The van der Waals surface area contributed by atoms with Crippen molar-refractivity contribution in [3.63, 3.8) is 0 Å². The zero-order chi connectivity index (χ0) is 43.0. The molecule has 0 heterocycles. The van der Waals surface area contributed by atoms with E-state index in [1.165, 1.54) is 148 Å². The van der Waals surface area contributed by atoms with E-state index in [9.17, 15) is 19.8 Å². The van der Waals surface area contributed by atoms with E-state index in [2.05, 4.69) is 61.7 Å². The molecule has 0 bridgehead atoms. The number of rotatable bonds is 46. The van der Waals surface area contributed by atoms with Crippen molar-refractivity contribution in [1.82, 2.24) is 5.32 Å². The number of hydrogen-bond donors (Lipinski definition) is 3. The van der Waals surface area contributed by atoms with Gasteiger partial charge in [0.2, 0.25) is 5.91 Å². The Morgan fingerprint density at radius 1 is 0.475 bits per heavy atom. The Morgan fingerprint density at radius 3 is 1.39 bits per heavy atom. The molecule has 0 fully saturated rings. The van der Waals surface area contributed by atoms with Gasteiger partial charge in [-0.3, -0.25) is 9.59 Å². The predicted octanol–water partition coefficient (Wildman–Crippen LogP) is 15.1.